The van der Waals surface area contributed by atoms with Crippen molar-refractivity contribution in [2.75, 3.05) is 6.61 Å². The Hall–Kier alpha value is -2.42. The molecule has 0 radical (unpaired) electrons. The van der Waals surface area contributed by atoms with E-state index in [0.29, 0.717) is 23.3 Å². The van der Waals surface area contributed by atoms with Crippen LogP contribution in [0.4, 0.5) is 0 Å². The molecule has 0 fully saturated rings. The van der Waals surface area contributed by atoms with Crippen LogP contribution in [0.3, 0.4) is 0 Å². The van der Waals surface area contributed by atoms with Crippen molar-refractivity contribution < 1.29 is 14.3 Å². The van der Waals surface area contributed by atoms with Crippen LogP contribution >= 0.6 is 0 Å². The summed E-state index contributed by atoms with van der Waals surface area (Å²) in [5, 5.41) is 0. The van der Waals surface area contributed by atoms with E-state index < -0.39 is 0 Å². The van der Waals surface area contributed by atoms with Crippen molar-refractivity contribution in [2.45, 2.75) is 13.3 Å². The third kappa shape index (κ3) is 3.32. The van der Waals surface area contributed by atoms with E-state index in [1.165, 1.54) is 0 Å². The number of benzene rings is 2. The van der Waals surface area contributed by atoms with Crippen LogP contribution in [0, 0.1) is 0 Å². The molecule has 0 aliphatic carbocycles. The number of hydrogen-bond acceptors (Lipinski definition) is 3. The van der Waals surface area contributed by atoms with Gasteiger partial charge in [0.05, 0.1) is 12.2 Å². The van der Waals surface area contributed by atoms with Gasteiger partial charge in [0.15, 0.2) is 5.78 Å². The lowest BCUT2D eigenvalue weighted by molar-refractivity contribution is 0.0525. The van der Waals surface area contributed by atoms with Crippen LogP contribution in [0.5, 0.6) is 0 Å². The van der Waals surface area contributed by atoms with Gasteiger partial charge in [0.25, 0.3) is 0 Å². The molecule has 2 rings (SSSR count). The molecule has 2 aromatic carbocycles. The minimum absolute atomic E-state index is 0.0117. The lowest BCUT2D eigenvalue weighted by Crippen LogP contribution is -2.11. The summed E-state index contributed by atoms with van der Waals surface area (Å²) in [6.07, 6.45) is 0.193. The first-order valence-corrected chi connectivity index (χ1v) is 6.55. The van der Waals surface area contributed by atoms with Crippen molar-refractivity contribution in [1.29, 1.82) is 0 Å². The van der Waals surface area contributed by atoms with E-state index in [4.69, 9.17) is 4.74 Å². The Kier molecular flexibility index (Phi) is 4.66. The summed E-state index contributed by atoms with van der Waals surface area (Å²) in [6.45, 7) is 2.08. The molecule has 0 N–H and O–H groups in total. The molecule has 20 heavy (non-hydrogen) atoms. The van der Waals surface area contributed by atoms with E-state index in [0.717, 1.165) is 0 Å². The average molecular weight is 268 g/mol. The van der Waals surface area contributed by atoms with Crippen LogP contribution in [-0.2, 0) is 11.2 Å². The predicted molar refractivity (Wildman–Crippen MR) is 76.9 cm³/mol. The van der Waals surface area contributed by atoms with Crippen molar-refractivity contribution in [3.63, 3.8) is 0 Å². The fourth-order valence-electron chi connectivity index (χ4n) is 1.98. The molecule has 102 valence electrons. The van der Waals surface area contributed by atoms with Crippen LogP contribution in [0.15, 0.2) is 54.6 Å². The molecular formula is C17H16O3. The van der Waals surface area contributed by atoms with Gasteiger partial charge in [-0.3, -0.25) is 4.79 Å². The van der Waals surface area contributed by atoms with Crippen molar-refractivity contribution in [2.24, 2.45) is 0 Å². The van der Waals surface area contributed by atoms with Crippen LogP contribution < -0.4 is 0 Å². The summed E-state index contributed by atoms with van der Waals surface area (Å²) in [6, 6.07) is 16.1. The van der Waals surface area contributed by atoms with Gasteiger partial charge in [-0.2, -0.15) is 0 Å². The minimum Gasteiger partial charge on any atom is -0.462 e. The van der Waals surface area contributed by atoms with Gasteiger partial charge in [0, 0.05) is 12.0 Å². The second kappa shape index (κ2) is 6.66. The number of carbonyl (C=O) groups is 2. The standard InChI is InChI=1S/C17H16O3/c1-2-20-17(19)15-11-7-6-10-14(15)12-16(18)13-8-4-3-5-9-13/h3-11H,2,12H2,1H3. The zero-order valence-electron chi connectivity index (χ0n) is 11.3. The summed E-state index contributed by atoms with van der Waals surface area (Å²) in [5.41, 5.74) is 1.80. The van der Waals surface area contributed by atoms with Gasteiger partial charge in [-0.15, -0.1) is 0 Å². The van der Waals surface area contributed by atoms with E-state index in [2.05, 4.69) is 0 Å². The molecule has 3 nitrogen and oxygen atoms in total. The van der Waals surface area contributed by atoms with Crippen LogP contribution in [0.1, 0.15) is 33.2 Å². The van der Waals surface area contributed by atoms with Gasteiger partial charge in [0.2, 0.25) is 0 Å². The maximum Gasteiger partial charge on any atom is 0.338 e. The molecule has 0 aromatic heterocycles. The highest BCUT2D eigenvalue weighted by Crippen LogP contribution is 2.14. The van der Waals surface area contributed by atoms with Gasteiger partial charge < -0.3 is 4.74 Å². The molecule has 0 atom stereocenters. The molecule has 0 heterocycles. The van der Waals surface area contributed by atoms with Crippen molar-refractivity contribution in [3.8, 4) is 0 Å². The second-order valence-electron chi connectivity index (χ2n) is 4.34. The lowest BCUT2D eigenvalue weighted by atomic mass is 9.99. The van der Waals surface area contributed by atoms with Crippen molar-refractivity contribution >= 4 is 11.8 Å². The summed E-state index contributed by atoms with van der Waals surface area (Å²) in [5.74, 6) is -0.397. The Morgan fingerprint density at radius 3 is 2.30 bits per heavy atom. The quantitative estimate of drug-likeness (QED) is 0.617. The molecule has 0 aliphatic heterocycles. The Morgan fingerprint density at radius 2 is 1.60 bits per heavy atom. The third-order valence-corrected chi connectivity index (χ3v) is 2.96. The first-order chi connectivity index (χ1) is 9.72. The van der Waals surface area contributed by atoms with Gasteiger partial charge in [-0.25, -0.2) is 4.79 Å². The number of hydrogen-bond donors (Lipinski definition) is 0. The van der Waals surface area contributed by atoms with Crippen molar-refractivity contribution in [1.82, 2.24) is 0 Å². The normalized spacial score (nSPS) is 10.1. The summed E-state index contributed by atoms with van der Waals surface area (Å²) >= 11 is 0. The molecule has 2 aromatic rings. The molecular weight excluding hydrogens is 252 g/mol. The molecule has 0 bridgehead atoms. The van der Waals surface area contributed by atoms with Crippen LogP contribution in [0.25, 0.3) is 0 Å². The van der Waals surface area contributed by atoms with Gasteiger partial charge >= 0.3 is 5.97 Å². The smallest absolute Gasteiger partial charge is 0.338 e. The number of carbonyl (C=O) groups excluding carboxylic acids is 2. The van der Waals surface area contributed by atoms with Crippen LogP contribution in [0.2, 0.25) is 0 Å². The van der Waals surface area contributed by atoms with Crippen LogP contribution in [-0.4, -0.2) is 18.4 Å². The molecule has 0 amide bonds. The number of ketones is 1. The molecule has 0 saturated carbocycles. The Morgan fingerprint density at radius 1 is 0.950 bits per heavy atom. The largest absolute Gasteiger partial charge is 0.462 e. The third-order valence-electron chi connectivity index (χ3n) is 2.96. The van der Waals surface area contributed by atoms with E-state index in [9.17, 15) is 9.59 Å². The molecule has 0 aliphatic rings. The highest BCUT2D eigenvalue weighted by Gasteiger charge is 2.15. The van der Waals surface area contributed by atoms with Gasteiger partial charge in [-0.05, 0) is 18.6 Å². The number of rotatable bonds is 5. The Bertz CT molecular complexity index is 603. The van der Waals surface area contributed by atoms with Gasteiger partial charge in [0.1, 0.15) is 0 Å². The first kappa shape index (κ1) is 14.0. The maximum absolute atomic E-state index is 12.2. The Balaban J connectivity index is 2.21. The average Bonchev–Trinajstić information content (AvgIpc) is 2.49. The predicted octanol–water partition coefficient (Wildman–Crippen LogP) is 3.29. The van der Waals surface area contributed by atoms with Crippen molar-refractivity contribution in [3.05, 3.63) is 71.3 Å². The molecule has 0 saturated heterocycles. The number of Topliss-reactive ketones (excluding diaryl/α,β-unsaturated/α-hetero) is 1. The summed E-state index contributed by atoms with van der Waals surface area (Å²) in [4.78, 5) is 24.0. The number of ether oxygens (including phenoxy) is 1. The Labute approximate surface area is 118 Å². The second-order valence-corrected chi connectivity index (χ2v) is 4.34. The molecule has 0 unspecified atom stereocenters. The summed E-state index contributed by atoms with van der Waals surface area (Å²) < 4.78 is 5.01. The monoisotopic (exact) mass is 268 g/mol. The number of esters is 1. The summed E-state index contributed by atoms with van der Waals surface area (Å²) in [7, 11) is 0. The topological polar surface area (TPSA) is 43.4 Å². The lowest BCUT2D eigenvalue weighted by Gasteiger charge is -2.08. The highest BCUT2D eigenvalue weighted by atomic mass is 16.5. The van der Waals surface area contributed by atoms with E-state index in [-0.39, 0.29) is 18.2 Å². The fraction of sp³-hybridized carbons (Fsp3) is 0.176. The zero-order chi connectivity index (χ0) is 14.4. The molecule has 0 spiro atoms. The highest BCUT2D eigenvalue weighted by molar-refractivity contribution is 6.00. The fourth-order valence-corrected chi connectivity index (χ4v) is 1.98. The van der Waals surface area contributed by atoms with E-state index in [1.807, 2.05) is 24.3 Å². The zero-order valence-corrected chi connectivity index (χ0v) is 11.3. The van der Waals surface area contributed by atoms with E-state index >= 15 is 0 Å². The minimum atomic E-state index is -0.385. The van der Waals surface area contributed by atoms with E-state index in [1.54, 1.807) is 37.3 Å². The SMILES string of the molecule is CCOC(=O)c1ccccc1CC(=O)c1ccccc1. The van der Waals surface area contributed by atoms with Gasteiger partial charge in [-0.1, -0.05) is 48.5 Å². The molecule has 3 heteroatoms. The maximum atomic E-state index is 12.2. The first-order valence-electron chi connectivity index (χ1n) is 6.55.